The molecular formula is C46H25N5O2. The summed E-state index contributed by atoms with van der Waals surface area (Å²) in [7, 11) is 0. The van der Waals surface area contributed by atoms with Crippen molar-refractivity contribution in [3.05, 3.63) is 157 Å². The van der Waals surface area contributed by atoms with E-state index in [2.05, 4.69) is 83.4 Å². The van der Waals surface area contributed by atoms with Crippen LogP contribution in [0.4, 0.5) is 0 Å². The minimum absolute atomic E-state index is 0.537. The first-order chi connectivity index (χ1) is 26.2. The van der Waals surface area contributed by atoms with E-state index in [9.17, 15) is 5.26 Å². The lowest BCUT2D eigenvalue weighted by atomic mass is 10.0. The van der Waals surface area contributed by atoms with Gasteiger partial charge in [-0.1, -0.05) is 84.9 Å². The first kappa shape index (κ1) is 29.2. The number of aromatic nitrogens is 4. The zero-order valence-electron chi connectivity index (χ0n) is 28.0. The van der Waals surface area contributed by atoms with Crippen molar-refractivity contribution in [2.45, 2.75) is 0 Å². The quantitative estimate of drug-likeness (QED) is 0.184. The Bertz CT molecular complexity index is 3280. The van der Waals surface area contributed by atoms with Crippen molar-refractivity contribution >= 4 is 65.7 Å². The summed E-state index contributed by atoms with van der Waals surface area (Å²) in [6, 6.07) is 52.7. The molecule has 0 N–H and O–H groups in total. The summed E-state index contributed by atoms with van der Waals surface area (Å²) >= 11 is 0. The van der Waals surface area contributed by atoms with Crippen molar-refractivity contribution < 1.29 is 8.83 Å². The second kappa shape index (κ2) is 11.2. The van der Waals surface area contributed by atoms with Gasteiger partial charge in [0.2, 0.25) is 0 Å². The smallest absolute Gasteiger partial charge is 0.180 e. The van der Waals surface area contributed by atoms with Crippen molar-refractivity contribution in [3.8, 4) is 45.9 Å². The fourth-order valence-corrected chi connectivity index (χ4v) is 7.70. The predicted octanol–water partition coefficient (Wildman–Crippen LogP) is 11.6. The molecule has 4 aromatic heterocycles. The van der Waals surface area contributed by atoms with Crippen LogP contribution in [-0.4, -0.2) is 19.5 Å². The van der Waals surface area contributed by atoms with Crippen LogP contribution in [0.2, 0.25) is 0 Å². The van der Waals surface area contributed by atoms with Crippen LogP contribution in [0.1, 0.15) is 5.56 Å². The molecule has 0 saturated heterocycles. The molecule has 246 valence electrons. The molecule has 0 unspecified atom stereocenters. The highest BCUT2D eigenvalue weighted by Crippen LogP contribution is 2.48. The first-order valence-corrected chi connectivity index (χ1v) is 17.3. The fraction of sp³-hybridized carbons (Fsp3) is 0. The van der Waals surface area contributed by atoms with Crippen molar-refractivity contribution in [1.29, 1.82) is 5.26 Å². The standard InChI is InChI=1S/C46H25N5O2/c47-26-27-18-20-29(21-19-27)45-48-44(28-10-2-1-3-11-28)49-46(50-45)30-22-24-31(25-23-30)51-35-15-7-4-12-32(35)38-39-33-13-5-8-16-36(33)52-42(39)43-40(41(38)51)34-14-6-9-17-37(34)53-43/h1-25H. The maximum Gasteiger partial charge on any atom is 0.180 e. The molecule has 0 aliphatic heterocycles. The van der Waals surface area contributed by atoms with Gasteiger partial charge in [-0.2, -0.15) is 5.26 Å². The van der Waals surface area contributed by atoms with Gasteiger partial charge >= 0.3 is 0 Å². The third-order valence-electron chi connectivity index (χ3n) is 10.1. The maximum atomic E-state index is 9.36. The lowest BCUT2D eigenvalue weighted by molar-refractivity contribution is 0.633. The van der Waals surface area contributed by atoms with Gasteiger partial charge < -0.3 is 13.4 Å². The monoisotopic (exact) mass is 679 g/mol. The summed E-state index contributed by atoms with van der Waals surface area (Å²) < 4.78 is 15.6. The Morgan fingerprint density at radius 2 is 0.943 bits per heavy atom. The summed E-state index contributed by atoms with van der Waals surface area (Å²) in [6.07, 6.45) is 0. The molecule has 0 saturated carbocycles. The summed E-state index contributed by atoms with van der Waals surface area (Å²) in [6.45, 7) is 0. The van der Waals surface area contributed by atoms with Crippen LogP contribution in [0.15, 0.2) is 160 Å². The van der Waals surface area contributed by atoms with E-state index in [1.807, 2.05) is 66.7 Å². The number of nitrogens with zero attached hydrogens (tertiary/aromatic N) is 5. The number of fused-ring (bicyclic) bond motifs is 12. The highest BCUT2D eigenvalue weighted by molar-refractivity contribution is 6.38. The Hall–Kier alpha value is -7.56. The largest absolute Gasteiger partial charge is 0.452 e. The SMILES string of the molecule is N#Cc1ccc(-c2nc(-c3ccccc3)nc(-c3ccc(-n4c5ccccc5c5c6c7ccccc7oc6c6oc7ccccc7c6c54)cc3)n2)cc1. The van der Waals surface area contributed by atoms with Gasteiger partial charge in [-0.25, -0.2) is 15.0 Å². The number of furan rings is 2. The molecule has 0 spiro atoms. The van der Waals surface area contributed by atoms with E-state index in [1.165, 1.54) is 0 Å². The Morgan fingerprint density at radius 1 is 0.453 bits per heavy atom. The molecule has 0 atom stereocenters. The van der Waals surface area contributed by atoms with Gasteiger partial charge in [-0.05, 0) is 66.7 Å². The normalized spacial score (nSPS) is 11.8. The average molecular weight is 680 g/mol. The van der Waals surface area contributed by atoms with Crippen LogP contribution in [-0.2, 0) is 0 Å². The molecule has 0 aliphatic carbocycles. The van der Waals surface area contributed by atoms with Crippen LogP contribution < -0.4 is 0 Å². The molecule has 0 bridgehead atoms. The Labute approximate surface area is 301 Å². The molecule has 0 amide bonds. The van der Waals surface area contributed by atoms with Crippen LogP contribution in [0.25, 0.3) is 106 Å². The first-order valence-electron chi connectivity index (χ1n) is 17.3. The van der Waals surface area contributed by atoms with E-state index in [1.54, 1.807) is 12.1 Å². The van der Waals surface area contributed by atoms with Gasteiger partial charge in [-0.3, -0.25) is 0 Å². The van der Waals surface area contributed by atoms with E-state index in [-0.39, 0.29) is 0 Å². The second-order valence-electron chi connectivity index (χ2n) is 13.1. The summed E-state index contributed by atoms with van der Waals surface area (Å²) in [4.78, 5) is 14.7. The maximum absolute atomic E-state index is 9.36. The van der Waals surface area contributed by atoms with Crippen molar-refractivity contribution in [1.82, 2.24) is 19.5 Å². The number of para-hydroxylation sites is 3. The van der Waals surface area contributed by atoms with Gasteiger partial charge in [0, 0.05) is 49.3 Å². The van der Waals surface area contributed by atoms with Crippen LogP contribution >= 0.6 is 0 Å². The lowest BCUT2D eigenvalue weighted by Crippen LogP contribution is -2.00. The molecule has 7 aromatic carbocycles. The third-order valence-corrected chi connectivity index (χ3v) is 10.1. The van der Waals surface area contributed by atoms with E-state index in [4.69, 9.17) is 23.8 Å². The fourth-order valence-electron chi connectivity index (χ4n) is 7.70. The number of nitriles is 1. The Balaban J connectivity index is 1.16. The van der Waals surface area contributed by atoms with Gasteiger partial charge in [0.15, 0.2) is 28.6 Å². The van der Waals surface area contributed by atoms with Gasteiger partial charge in [0.05, 0.1) is 28.1 Å². The molecule has 7 heteroatoms. The van der Waals surface area contributed by atoms with Crippen LogP contribution in [0.3, 0.4) is 0 Å². The molecule has 7 nitrogen and oxygen atoms in total. The van der Waals surface area contributed by atoms with Crippen molar-refractivity contribution in [2.75, 3.05) is 0 Å². The van der Waals surface area contributed by atoms with Crippen molar-refractivity contribution in [3.63, 3.8) is 0 Å². The molecule has 0 fully saturated rings. The van der Waals surface area contributed by atoms with Gasteiger partial charge in [-0.15, -0.1) is 0 Å². The molecule has 0 radical (unpaired) electrons. The lowest BCUT2D eigenvalue weighted by Gasteiger charge is -2.11. The third kappa shape index (κ3) is 4.36. The number of hydrogen-bond acceptors (Lipinski definition) is 6. The molecule has 11 rings (SSSR count). The average Bonchev–Trinajstić information content (AvgIpc) is 3.91. The molecular weight excluding hydrogens is 655 g/mol. The molecule has 0 aliphatic rings. The number of hydrogen-bond donors (Lipinski definition) is 0. The minimum Gasteiger partial charge on any atom is -0.452 e. The van der Waals surface area contributed by atoms with Crippen LogP contribution in [0.5, 0.6) is 0 Å². The molecule has 11 aromatic rings. The molecule has 53 heavy (non-hydrogen) atoms. The molecule has 4 heterocycles. The summed E-state index contributed by atoms with van der Waals surface area (Å²) in [5.41, 5.74) is 9.38. The topological polar surface area (TPSA) is 93.7 Å². The van der Waals surface area contributed by atoms with E-state index < -0.39 is 0 Å². The van der Waals surface area contributed by atoms with Crippen molar-refractivity contribution in [2.24, 2.45) is 0 Å². The minimum atomic E-state index is 0.537. The Morgan fingerprint density at radius 3 is 1.57 bits per heavy atom. The predicted molar refractivity (Wildman–Crippen MR) is 210 cm³/mol. The van der Waals surface area contributed by atoms with Crippen LogP contribution in [0, 0.1) is 11.3 Å². The zero-order valence-corrected chi connectivity index (χ0v) is 28.0. The van der Waals surface area contributed by atoms with E-state index in [0.29, 0.717) is 23.0 Å². The highest BCUT2D eigenvalue weighted by atomic mass is 16.4. The summed E-state index contributed by atoms with van der Waals surface area (Å²) in [5.74, 6) is 1.67. The highest BCUT2D eigenvalue weighted by Gasteiger charge is 2.26. The van der Waals surface area contributed by atoms with E-state index >= 15 is 0 Å². The summed E-state index contributed by atoms with van der Waals surface area (Å²) in [5, 5.41) is 15.8. The Kier molecular flexibility index (Phi) is 6.18. The zero-order chi connectivity index (χ0) is 35.0. The van der Waals surface area contributed by atoms with Gasteiger partial charge in [0.1, 0.15) is 11.2 Å². The number of rotatable bonds is 4. The number of benzene rings is 7. The van der Waals surface area contributed by atoms with Gasteiger partial charge in [0.25, 0.3) is 0 Å². The van der Waals surface area contributed by atoms with E-state index in [0.717, 1.165) is 88.1 Å². The second-order valence-corrected chi connectivity index (χ2v) is 13.1.